The lowest BCUT2D eigenvalue weighted by molar-refractivity contribution is -0.114. The van der Waals surface area contributed by atoms with Gasteiger partial charge in [-0.05, 0) is 30.7 Å². The topological polar surface area (TPSA) is 29.1 Å². The van der Waals surface area contributed by atoms with E-state index in [1.807, 2.05) is 38.3 Å². The van der Waals surface area contributed by atoms with E-state index >= 15 is 0 Å². The first-order chi connectivity index (χ1) is 9.65. The molecule has 0 heterocycles. The minimum Gasteiger partial charge on any atom is -0.388 e. The van der Waals surface area contributed by atoms with Crippen molar-refractivity contribution in [2.75, 3.05) is 7.05 Å². The van der Waals surface area contributed by atoms with Gasteiger partial charge in [0.05, 0.1) is 5.57 Å². The number of rotatable bonds is 4. The molecule has 0 fully saturated rings. The molecule has 2 heteroatoms. The highest BCUT2D eigenvalue weighted by Gasteiger charge is 2.12. The van der Waals surface area contributed by atoms with Crippen LogP contribution in [0.15, 0.2) is 59.5 Å². The highest BCUT2D eigenvalue weighted by molar-refractivity contribution is 5.99. The fourth-order valence-electron chi connectivity index (χ4n) is 2.19. The van der Waals surface area contributed by atoms with Gasteiger partial charge in [0.1, 0.15) is 0 Å². The predicted molar refractivity (Wildman–Crippen MR) is 83.2 cm³/mol. The van der Waals surface area contributed by atoms with Crippen LogP contribution in [0.1, 0.15) is 24.5 Å². The smallest absolute Gasteiger partial charge is 0.170 e. The van der Waals surface area contributed by atoms with Gasteiger partial charge in [-0.25, -0.2) is 0 Å². The van der Waals surface area contributed by atoms with Gasteiger partial charge in [0, 0.05) is 24.7 Å². The first-order valence-corrected chi connectivity index (χ1v) is 6.82. The van der Waals surface area contributed by atoms with Gasteiger partial charge in [-0.2, -0.15) is 0 Å². The summed E-state index contributed by atoms with van der Waals surface area (Å²) >= 11 is 0. The third-order valence-electron chi connectivity index (χ3n) is 3.29. The van der Waals surface area contributed by atoms with Crippen molar-refractivity contribution >= 4 is 11.4 Å². The molecule has 0 atom stereocenters. The average molecular weight is 265 g/mol. The molecule has 2 nitrogen and oxygen atoms in total. The molecule has 1 aromatic rings. The SMILES string of the molecule is CCC(=O)C1=C=CC=C(c2cccc(C)c2)C(NC)=C1. The van der Waals surface area contributed by atoms with Crippen LogP contribution >= 0.6 is 0 Å². The predicted octanol–water partition coefficient (Wildman–Crippen LogP) is 3.56. The summed E-state index contributed by atoms with van der Waals surface area (Å²) in [6.45, 7) is 3.94. The van der Waals surface area contributed by atoms with Crippen LogP contribution in [0.3, 0.4) is 0 Å². The molecule has 0 unspecified atom stereocenters. The molecule has 0 saturated heterocycles. The number of aryl methyl sites for hydroxylation is 1. The molecular formula is C18H19NO. The van der Waals surface area contributed by atoms with Crippen molar-refractivity contribution in [2.45, 2.75) is 20.3 Å². The Bertz CT molecular complexity index is 656. The van der Waals surface area contributed by atoms with Crippen LogP contribution in [0.4, 0.5) is 0 Å². The molecule has 0 aliphatic heterocycles. The molecular weight excluding hydrogens is 246 g/mol. The highest BCUT2D eigenvalue weighted by atomic mass is 16.1. The van der Waals surface area contributed by atoms with E-state index in [1.54, 1.807) is 0 Å². The zero-order valence-corrected chi connectivity index (χ0v) is 12.2. The zero-order chi connectivity index (χ0) is 14.5. The fourth-order valence-corrected chi connectivity index (χ4v) is 2.19. The summed E-state index contributed by atoms with van der Waals surface area (Å²) in [7, 11) is 1.87. The number of Topliss-reactive ketones (excluding diaryl/α,β-unsaturated/α-hetero) is 1. The number of carbonyl (C=O) groups excluding carboxylic acids is 1. The molecule has 0 aromatic heterocycles. The molecule has 102 valence electrons. The minimum atomic E-state index is 0.105. The Kier molecular flexibility index (Phi) is 4.39. The van der Waals surface area contributed by atoms with E-state index < -0.39 is 0 Å². The lowest BCUT2D eigenvalue weighted by Crippen LogP contribution is -2.09. The van der Waals surface area contributed by atoms with Gasteiger partial charge < -0.3 is 5.32 Å². The van der Waals surface area contributed by atoms with Crippen LogP contribution in [-0.4, -0.2) is 12.8 Å². The Morgan fingerprint density at radius 3 is 2.80 bits per heavy atom. The Morgan fingerprint density at radius 1 is 1.35 bits per heavy atom. The van der Waals surface area contributed by atoms with E-state index in [4.69, 9.17) is 0 Å². The molecule has 0 saturated carbocycles. The second-order valence-electron chi connectivity index (χ2n) is 4.76. The van der Waals surface area contributed by atoms with Gasteiger partial charge in [-0.1, -0.05) is 36.8 Å². The number of allylic oxidation sites excluding steroid dienone is 4. The number of hydrogen-bond donors (Lipinski definition) is 1. The number of likely N-dealkylation sites (N-methyl/N-ethyl adjacent to an activating group) is 1. The lowest BCUT2D eigenvalue weighted by atomic mass is 9.99. The normalized spacial score (nSPS) is 14.1. The summed E-state index contributed by atoms with van der Waals surface area (Å²) in [5.74, 6) is 0.105. The molecule has 0 radical (unpaired) electrons. The van der Waals surface area contributed by atoms with E-state index in [0.717, 1.165) is 16.8 Å². The third-order valence-corrected chi connectivity index (χ3v) is 3.29. The Morgan fingerprint density at radius 2 is 2.15 bits per heavy atom. The summed E-state index contributed by atoms with van der Waals surface area (Å²) in [6.07, 6.45) is 6.18. The number of hydrogen-bond acceptors (Lipinski definition) is 2. The molecule has 2 rings (SSSR count). The minimum absolute atomic E-state index is 0.105. The number of nitrogens with one attached hydrogen (secondary N) is 1. The van der Waals surface area contributed by atoms with Gasteiger partial charge in [-0.15, -0.1) is 5.73 Å². The first kappa shape index (κ1) is 14.1. The molecule has 20 heavy (non-hydrogen) atoms. The number of carbonyl (C=O) groups is 1. The van der Waals surface area contributed by atoms with E-state index in [-0.39, 0.29) is 5.78 Å². The van der Waals surface area contributed by atoms with Crippen LogP contribution in [-0.2, 0) is 4.79 Å². The van der Waals surface area contributed by atoms with Crippen molar-refractivity contribution < 1.29 is 4.79 Å². The van der Waals surface area contributed by atoms with Gasteiger partial charge >= 0.3 is 0 Å². The van der Waals surface area contributed by atoms with Gasteiger partial charge in [-0.3, -0.25) is 4.79 Å². The molecule has 0 amide bonds. The summed E-state index contributed by atoms with van der Waals surface area (Å²) in [5.41, 5.74) is 8.04. The maximum atomic E-state index is 11.9. The maximum Gasteiger partial charge on any atom is 0.170 e. The summed E-state index contributed by atoms with van der Waals surface area (Å²) in [6, 6.07) is 8.32. The first-order valence-electron chi connectivity index (χ1n) is 6.82. The molecule has 0 spiro atoms. The zero-order valence-electron chi connectivity index (χ0n) is 12.2. The van der Waals surface area contributed by atoms with E-state index in [9.17, 15) is 4.79 Å². The third kappa shape index (κ3) is 2.98. The largest absolute Gasteiger partial charge is 0.388 e. The molecule has 1 N–H and O–H groups in total. The van der Waals surface area contributed by atoms with E-state index in [0.29, 0.717) is 12.0 Å². The molecule has 1 aliphatic carbocycles. The summed E-state index contributed by atoms with van der Waals surface area (Å²) < 4.78 is 0. The highest BCUT2D eigenvalue weighted by Crippen LogP contribution is 2.25. The van der Waals surface area contributed by atoms with Crippen molar-refractivity contribution in [2.24, 2.45) is 0 Å². The van der Waals surface area contributed by atoms with Crippen molar-refractivity contribution in [3.63, 3.8) is 0 Å². The maximum absolute atomic E-state index is 11.9. The molecule has 1 aromatic carbocycles. The van der Waals surface area contributed by atoms with Gasteiger partial charge in [0.25, 0.3) is 0 Å². The van der Waals surface area contributed by atoms with Crippen molar-refractivity contribution in [3.05, 3.63) is 70.6 Å². The summed E-state index contributed by atoms with van der Waals surface area (Å²) in [5, 5.41) is 3.18. The van der Waals surface area contributed by atoms with Gasteiger partial charge in [0.2, 0.25) is 0 Å². The van der Waals surface area contributed by atoms with Crippen LogP contribution < -0.4 is 5.32 Å². The summed E-state index contributed by atoms with van der Waals surface area (Å²) in [4.78, 5) is 11.9. The Balaban J connectivity index is 2.46. The van der Waals surface area contributed by atoms with Crippen LogP contribution in [0.25, 0.3) is 5.57 Å². The lowest BCUT2D eigenvalue weighted by Gasteiger charge is -2.12. The average Bonchev–Trinajstić information content (AvgIpc) is 2.68. The van der Waals surface area contributed by atoms with Gasteiger partial charge in [0.15, 0.2) is 5.78 Å². The standard InChI is InChI=1S/C18H19NO/c1-4-18(20)15-9-6-10-16(17(12-15)19-3)14-8-5-7-13(2)11-14/h5-8,10-12,19H,4H2,1-3H3. The van der Waals surface area contributed by atoms with Crippen LogP contribution in [0.2, 0.25) is 0 Å². The number of ketones is 1. The van der Waals surface area contributed by atoms with Crippen molar-refractivity contribution in [1.29, 1.82) is 0 Å². The van der Waals surface area contributed by atoms with Crippen LogP contribution in [0, 0.1) is 6.92 Å². The fraction of sp³-hybridized carbons (Fsp3) is 0.222. The second kappa shape index (κ2) is 6.23. The van der Waals surface area contributed by atoms with E-state index in [1.165, 1.54) is 5.56 Å². The quantitative estimate of drug-likeness (QED) is 0.843. The Labute approximate surface area is 120 Å². The Hall–Kier alpha value is -2.31. The van der Waals surface area contributed by atoms with Crippen molar-refractivity contribution in [1.82, 2.24) is 5.32 Å². The van der Waals surface area contributed by atoms with E-state index in [2.05, 4.69) is 36.2 Å². The molecule has 1 aliphatic rings. The van der Waals surface area contributed by atoms with Crippen molar-refractivity contribution in [3.8, 4) is 0 Å². The number of benzene rings is 1. The molecule has 0 bridgehead atoms. The second-order valence-corrected chi connectivity index (χ2v) is 4.76. The monoisotopic (exact) mass is 265 g/mol. The van der Waals surface area contributed by atoms with Crippen LogP contribution in [0.5, 0.6) is 0 Å².